The molecule has 1 nitrogen and oxygen atoms in total. The molecule has 0 N–H and O–H groups in total. The second kappa shape index (κ2) is 4.06. The van der Waals surface area contributed by atoms with Crippen molar-refractivity contribution in [2.24, 2.45) is 0 Å². The Morgan fingerprint density at radius 2 is 1.80 bits per heavy atom. The van der Waals surface area contributed by atoms with Gasteiger partial charge >= 0.3 is 5.51 Å². The molecule has 0 bridgehead atoms. The first-order chi connectivity index (χ1) is 7.04. The number of rotatable bonds is 1. The Morgan fingerprint density at radius 1 is 1.13 bits per heavy atom. The van der Waals surface area contributed by atoms with Crippen molar-refractivity contribution in [3.8, 4) is 0 Å². The molecule has 0 aromatic heterocycles. The molecule has 0 saturated carbocycles. The zero-order valence-corrected chi connectivity index (χ0v) is 8.74. The standard InChI is InChI=1S/C10H10F3NS/c11-10(12,13)15-14-6-5-8-3-1-2-4-9(8)7-14/h1-4H,5-7H2. The van der Waals surface area contributed by atoms with Crippen LogP contribution in [0.4, 0.5) is 13.2 Å². The third-order valence-electron chi connectivity index (χ3n) is 2.33. The van der Waals surface area contributed by atoms with Gasteiger partial charge in [-0.05, 0) is 17.5 Å². The van der Waals surface area contributed by atoms with Gasteiger partial charge in [0.25, 0.3) is 0 Å². The maximum atomic E-state index is 12.1. The number of nitrogens with zero attached hydrogens (tertiary/aromatic N) is 1. The van der Waals surface area contributed by atoms with E-state index in [2.05, 4.69) is 0 Å². The van der Waals surface area contributed by atoms with Crippen molar-refractivity contribution in [3.63, 3.8) is 0 Å². The molecule has 1 aromatic rings. The molecule has 0 unspecified atom stereocenters. The van der Waals surface area contributed by atoms with Gasteiger partial charge < -0.3 is 0 Å². The first-order valence-electron chi connectivity index (χ1n) is 4.62. The molecule has 15 heavy (non-hydrogen) atoms. The Bertz CT molecular complexity index is 351. The lowest BCUT2D eigenvalue weighted by atomic mass is 10.0. The molecule has 0 fully saturated rings. The topological polar surface area (TPSA) is 3.24 Å². The van der Waals surface area contributed by atoms with Crippen LogP contribution in [0.5, 0.6) is 0 Å². The van der Waals surface area contributed by atoms with Crippen LogP contribution in [-0.4, -0.2) is 16.4 Å². The van der Waals surface area contributed by atoms with E-state index in [1.165, 1.54) is 4.31 Å². The molecule has 0 saturated heterocycles. The highest BCUT2D eigenvalue weighted by molar-refractivity contribution is 7.97. The van der Waals surface area contributed by atoms with Crippen molar-refractivity contribution in [1.29, 1.82) is 0 Å². The average Bonchev–Trinajstić information content (AvgIpc) is 2.15. The summed E-state index contributed by atoms with van der Waals surface area (Å²) in [5.41, 5.74) is -2.01. The minimum absolute atomic E-state index is 0.0254. The van der Waals surface area contributed by atoms with Gasteiger partial charge in [-0.3, -0.25) is 0 Å². The van der Waals surface area contributed by atoms with Gasteiger partial charge in [-0.1, -0.05) is 24.3 Å². The highest BCUT2D eigenvalue weighted by atomic mass is 32.2. The quantitative estimate of drug-likeness (QED) is 0.685. The van der Waals surface area contributed by atoms with Crippen LogP contribution < -0.4 is 0 Å². The summed E-state index contributed by atoms with van der Waals surface area (Å²) in [5, 5.41) is 0. The number of benzene rings is 1. The van der Waals surface area contributed by atoms with Crippen LogP contribution >= 0.6 is 11.9 Å². The Balaban J connectivity index is 2.06. The van der Waals surface area contributed by atoms with Crippen molar-refractivity contribution in [3.05, 3.63) is 35.4 Å². The number of alkyl halides is 3. The molecule has 1 aliphatic rings. The van der Waals surface area contributed by atoms with Crippen molar-refractivity contribution in [1.82, 2.24) is 4.31 Å². The minimum atomic E-state index is -4.17. The molecule has 2 rings (SSSR count). The summed E-state index contributed by atoms with van der Waals surface area (Å²) in [6.07, 6.45) is 0.694. The van der Waals surface area contributed by atoms with Crippen LogP contribution in [0, 0.1) is 0 Å². The van der Waals surface area contributed by atoms with Gasteiger partial charge in [0, 0.05) is 25.0 Å². The summed E-state index contributed by atoms with van der Waals surface area (Å²) in [4.78, 5) is 0. The van der Waals surface area contributed by atoms with Crippen molar-refractivity contribution >= 4 is 11.9 Å². The maximum Gasteiger partial charge on any atom is 0.456 e. The molecular formula is C10H10F3NS. The van der Waals surface area contributed by atoms with Crippen molar-refractivity contribution in [2.45, 2.75) is 18.5 Å². The maximum absolute atomic E-state index is 12.1. The lowest BCUT2D eigenvalue weighted by molar-refractivity contribution is -0.0365. The van der Waals surface area contributed by atoms with E-state index in [1.807, 2.05) is 24.3 Å². The molecule has 1 aromatic carbocycles. The van der Waals surface area contributed by atoms with Crippen molar-refractivity contribution in [2.75, 3.05) is 6.54 Å². The Kier molecular flexibility index (Phi) is 2.93. The van der Waals surface area contributed by atoms with Gasteiger partial charge in [0.1, 0.15) is 0 Å². The summed E-state index contributed by atoms with van der Waals surface area (Å²) in [5.74, 6) is 0. The fourth-order valence-electron chi connectivity index (χ4n) is 1.69. The fourth-order valence-corrected chi connectivity index (χ4v) is 2.37. The highest BCUT2D eigenvalue weighted by Crippen LogP contribution is 2.36. The summed E-state index contributed by atoms with van der Waals surface area (Å²) < 4.78 is 37.8. The minimum Gasteiger partial charge on any atom is -0.238 e. The highest BCUT2D eigenvalue weighted by Gasteiger charge is 2.33. The van der Waals surface area contributed by atoms with Gasteiger partial charge in [0.2, 0.25) is 0 Å². The summed E-state index contributed by atoms with van der Waals surface area (Å²) >= 11 is -0.0254. The van der Waals surface area contributed by atoms with E-state index in [9.17, 15) is 13.2 Å². The molecule has 0 aliphatic carbocycles. The van der Waals surface area contributed by atoms with E-state index in [0.29, 0.717) is 19.5 Å². The van der Waals surface area contributed by atoms with Gasteiger partial charge in [0.15, 0.2) is 0 Å². The zero-order valence-electron chi connectivity index (χ0n) is 7.92. The predicted molar refractivity (Wildman–Crippen MR) is 54.2 cm³/mol. The first kappa shape index (κ1) is 10.8. The lowest BCUT2D eigenvalue weighted by Crippen LogP contribution is -2.27. The van der Waals surface area contributed by atoms with Crippen LogP contribution in [0.3, 0.4) is 0 Å². The number of hydrogen-bond acceptors (Lipinski definition) is 2. The summed E-state index contributed by atoms with van der Waals surface area (Å²) in [6, 6.07) is 7.65. The van der Waals surface area contributed by atoms with Gasteiger partial charge in [-0.2, -0.15) is 13.2 Å². The van der Waals surface area contributed by atoms with Gasteiger partial charge in [0.05, 0.1) is 0 Å². The van der Waals surface area contributed by atoms with E-state index >= 15 is 0 Å². The van der Waals surface area contributed by atoms with E-state index in [1.54, 1.807) is 0 Å². The fraction of sp³-hybridized carbons (Fsp3) is 0.400. The van der Waals surface area contributed by atoms with E-state index in [0.717, 1.165) is 11.1 Å². The summed E-state index contributed by atoms with van der Waals surface area (Å²) in [6.45, 7) is 0.835. The molecule has 5 heteroatoms. The van der Waals surface area contributed by atoms with E-state index < -0.39 is 5.51 Å². The van der Waals surface area contributed by atoms with Crippen molar-refractivity contribution < 1.29 is 13.2 Å². The Morgan fingerprint density at radius 3 is 2.47 bits per heavy atom. The second-order valence-electron chi connectivity index (χ2n) is 3.42. The van der Waals surface area contributed by atoms with Crippen LogP contribution in [0.15, 0.2) is 24.3 Å². The second-order valence-corrected chi connectivity index (χ2v) is 4.58. The molecule has 82 valence electrons. The van der Waals surface area contributed by atoms with E-state index in [4.69, 9.17) is 0 Å². The molecular weight excluding hydrogens is 223 g/mol. The molecule has 0 amide bonds. The average molecular weight is 233 g/mol. The van der Waals surface area contributed by atoms with Crippen LogP contribution in [0.2, 0.25) is 0 Å². The lowest BCUT2D eigenvalue weighted by Gasteiger charge is -2.27. The Hall–Kier alpha value is -0.680. The molecule has 0 radical (unpaired) electrons. The number of halogens is 3. The van der Waals surface area contributed by atoms with Gasteiger partial charge in [-0.25, -0.2) is 4.31 Å². The van der Waals surface area contributed by atoms with Crippen LogP contribution in [0.25, 0.3) is 0 Å². The van der Waals surface area contributed by atoms with Crippen LogP contribution in [0.1, 0.15) is 11.1 Å². The van der Waals surface area contributed by atoms with Gasteiger partial charge in [-0.15, -0.1) is 0 Å². The summed E-state index contributed by atoms with van der Waals surface area (Å²) in [7, 11) is 0. The zero-order chi connectivity index (χ0) is 10.9. The van der Waals surface area contributed by atoms with E-state index in [-0.39, 0.29) is 11.9 Å². The molecule has 0 atom stereocenters. The number of hydrogen-bond donors (Lipinski definition) is 0. The third kappa shape index (κ3) is 2.89. The predicted octanol–water partition coefficient (Wildman–Crippen LogP) is 3.21. The first-order valence-corrected chi connectivity index (χ1v) is 5.39. The third-order valence-corrected chi connectivity index (χ3v) is 3.11. The SMILES string of the molecule is FC(F)(F)SN1CCc2ccccc2C1. The molecule has 1 aliphatic heterocycles. The smallest absolute Gasteiger partial charge is 0.238 e. The molecule has 1 heterocycles. The van der Waals surface area contributed by atoms with Crippen LogP contribution in [-0.2, 0) is 13.0 Å². The number of fused-ring (bicyclic) bond motifs is 1. The molecule has 0 spiro atoms. The monoisotopic (exact) mass is 233 g/mol. The Labute approximate surface area is 90.4 Å². The largest absolute Gasteiger partial charge is 0.456 e. The normalized spacial score (nSPS) is 17.5.